The van der Waals surface area contributed by atoms with Crippen molar-refractivity contribution in [3.63, 3.8) is 0 Å². The number of nitrogen functional groups attached to an aromatic ring is 1. The van der Waals surface area contributed by atoms with E-state index in [0.29, 0.717) is 13.2 Å². The number of nitrogens with two attached hydrogens (primary N) is 1. The second-order valence-electron chi connectivity index (χ2n) is 4.46. The monoisotopic (exact) mass is 257 g/mol. The van der Waals surface area contributed by atoms with Crippen LogP contribution in [0.2, 0.25) is 0 Å². The Labute approximate surface area is 111 Å². The van der Waals surface area contributed by atoms with Gasteiger partial charge in [0.2, 0.25) is 5.95 Å². The maximum Gasteiger partial charge on any atom is 0.220 e. The Balaban J connectivity index is 2.03. The van der Waals surface area contributed by atoms with E-state index in [2.05, 4.69) is 9.97 Å². The van der Waals surface area contributed by atoms with Gasteiger partial charge in [0.05, 0.1) is 18.9 Å². The van der Waals surface area contributed by atoms with Crippen molar-refractivity contribution in [2.75, 3.05) is 18.9 Å². The molecule has 1 aliphatic rings. The van der Waals surface area contributed by atoms with E-state index >= 15 is 0 Å². The van der Waals surface area contributed by atoms with Gasteiger partial charge in [-0.1, -0.05) is 0 Å². The fourth-order valence-corrected chi connectivity index (χ4v) is 2.06. The van der Waals surface area contributed by atoms with Crippen molar-refractivity contribution >= 4 is 5.95 Å². The summed E-state index contributed by atoms with van der Waals surface area (Å²) < 4.78 is 11.3. The van der Waals surface area contributed by atoms with Crippen LogP contribution in [0.1, 0.15) is 12.1 Å². The highest BCUT2D eigenvalue weighted by molar-refractivity contribution is 5.65. The maximum absolute atomic E-state index is 5.68. The minimum absolute atomic E-state index is 0.280. The van der Waals surface area contributed by atoms with Crippen molar-refractivity contribution in [3.8, 4) is 22.8 Å². The van der Waals surface area contributed by atoms with Crippen LogP contribution < -0.4 is 15.2 Å². The predicted molar refractivity (Wildman–Crippen MR) is 72.2 cm³/mol. The Morgan fingerprint density at radius 1 is 1.05 bits per heavy atom. The molecular weight excluding hydrogens is 242 g/mol. The summed E-state index contributed by atoms with van der Waals surface area (Å²) in [6.45, 7) is 3.25. The van der Waals surface area contributed by atoms with E-state index in [0.717, 1.165) is 34.9 Å². The number of fused-ring (bicyclic) bond motifs is 1. The zero-order chi connectivity index (χ0) is 13.2. The molecule has 0 saturated carbocycles. The fraction of sp³-hybridized carbons (Fsp3) is 0.286. The van der Waals surface area contributed by atoms with E-state index in [-0.39, 0.29) is 5.95 Å². The Morgan fingerprint density at radius 3 is 2.63 bits per heavy atom. The molecule has 98 valence electrons. The smallest absolute Gasteiger partial charge is 0.220 e. The number of rotatable bonds is 1. The van der Waals surface area contributed by atoms with Crippen LogP contribution in [0.4, 0.5) is 5.95 Å². The largest absolute Gasteiger partial charge is 0.490 e. The van der Waals surface area contributed by atoms with Crippen molar-refractivity contribution in [1.82, 2.24) is 9.97 Å². The van der Waals surface area contributed by atoms with Gasteiger partial charge in [-0.2, -0.15) is 0 Å². The molecule has 19 heavy (non-hydrogen) atoms. The first kappa shape index (κ1) is 11.8. The number of nitrogens with zero attached hydrogens (tertiary/aromatic N) is 2. The van der Waals surface area contributed by atoms with Gasteiger partial charge in [0.1, 0.15) is 0 Å². The molecular formula is C14H15N3O2. The topological polar surface area (TPSA) is 70.3 Å². The molecule has 0 bridgehead atoms. The molecule has 0 unspecified atom stereocenters. The molecule has 0 spiro atoms. The summed E-state index contributed by atoms with van der Waals surface area (Å²) in [7, 11) is 0. The van der Waals surface area contributed by atoms with Gasteiger partial charge in [0.15, 0.2) is 11.5 Å². The number of ether oxygens (including phenoxy) is 2. The van der Waals surface area contributed by atoms with E-state index in [4.69, 9.17) is 15.2 Å². The molecule has 1 aromatic heterocycles. The summed E-state index contributed by atoms with van der Waals surface area (Å²) >= 11 is 0. The highest BCUT2D eigenvalue weighted by Gasteiger charge is 2.12. The maximum atomic E-state index is 5.68. The molecule has 5 heteroatoms. The average Bonchev–Trinajstić information content (AvgIpc) is 2.61. The standard InChI is InChI=1S/C14H15N3O2/c1-9-7-11(17-14(15)16-9)10-3-4-12-13(8-10)19-6-2-5-18-12/h3-4,7-8H,2,5-6H2,1H3,(H2,15,16,17). The first-order chi connectivity index (χ1) is 9.22. The van der Waals surface area contributed by atoms with Crippen LogP contribution in [-0.2, 0) is 0 Å². The third-order valence-electron chi connectivity index (χ3n) is 2.91. The van der Waals surface area contributed by atoms with Crippen LogP contribution in [0.15, 0.2) is 24.3 Å². The molecule has 1 aromatic carbocycles. The Kier molecular flexibility index (Phi) is 2.95. The van der Waals surface area contributed by atoms with Crippen LogP contribution in [-0.4, -0.2) is 23.2 Å². The molecule has 5 nitrogen and oxygen atoms in total. The normalized spacial score (nSPS) is 13.9. The lowest BCUT2D eigenvalue weighted by molar-refractivity contribution is 0.297. The minimum atomic E-state index is 0.280. The number of anilines is 1. The van der Waals surface area contributed by atoms with Crippen molar-refractivity contribution in [3.05, 3.63) is 30.0 Å². The predicted octanol–water partition coefficient (Wildman–Crippen LogP) is 2.20. The van der Waals surface area contributed by atoms with Crippen LogP contribution in [0.3, 0.4) is 0 Å². The third kappa shape index (κ3) is 2.45. The first-order valence-corrected chi connectivity index (χ1v) is 6.23. The van der Waals surface area contributed by atoms with Crippen molar-refractivity contribution in [2.45, 2.75) is 13.3 Å². The molecule has 1 aliphatic heterocycles. The van der Waals surface area contributed by atoms with E-state index in [1.807, 2.05) is 31.2 Å². The highest BCUT2D eigenvalue weighted by Crippen LogP contribution is 2.33. The lowest BCUT2D eigenvalue weighted by Crippen LogP contribution is -1.98. The SMILES string of the molecule is Cc1cc(-c2ccc3c(c2)OCCCO3)nc(N)n1. The molecule has 2 aromatic rings. The molecule has 2 N–H and O–H groups in total. The Morgan fingerprint density at radius 2 is 1.84 bits per heavy atom. The summed E-state index contributed by atoms with van der Waals surface area (Å²) in [5.74, 6) is 1.81. The molecule has 0 aliphatic carbocycles. The lowest BCUT2D eigenvalue weighted by atomic mass is 10.1. The van der Waals surface area contributed by atoms with Gasteiger partial charge in [-0.15, -0.1) is 0 Å². The molecule has 0 fully saturated rings. The summed E-state index contributed by atoms with van der Waals surface area (Å²) in [5, 5.41) is 0. The number of hydrogen-bond acceptors (Lipinski definition) is 5. The third-order valence-corrected chi connectivity index (χ3v) is 2.91. The van der Waals surface area contributed by atoms with Crippen LogP contribution >= 0.6 is 0 Å². The molecule has 3 rings (SSSR count). The molecule has 0 saturated heterocycles. The summed E-state index contributed by atoms with van der Waals surface area (Å²) in [6.07, 6.45) is 0.892. The number of hydrogen-bond donors (Lipinski definition) is 1. The molecule has 0 radical (unpaired) electrons. The van der Waals surface area contributed by atoms with Gasteiger partial charge in [-0.25, -0.2) is 9.97 Å². The van der Waals surface area contributed by atoms with Crippen LogP contribution in [0.25, 0.3) is 11.3 Å². The van der Waals surface area contributed by atoms with E-state index in [1.165, 1.54) is 0 Å². The van der Waals surface area contributed by atoms with Gasteiger partial charge >= 0.3 is 0 Å². The van der Waals surface area contributed by atoms with Crippen molar-refractivity contribution in [1.29, 1.82) is 0 Å². The number of aromatic nitrogens is 2. The van der Waals surface area contributed by atoms with E-state index in [9.17, 15) is 0 Å². The lowest BCUT2D eigenvalue weighted by Gasteiger charge is -2.09. The number of benzene rings is 1. The van der Waals surface area contributed by atoms with Gasteiger partial charge in [0, 0.05) is 17.7 Å². The zero-order valence-corrected chi connectivity index (χ0v) is 10.7. The minimum Gasteiger partial charge on any atom is -0.490 e. The Bertz CT molecular complexity index is 593. The van der Waals surface area contributed by atoms with Gasteiger partial charge < -0.3 is 15.2 Å². The van der Waals surface area contributed by atoms with E-state index in [1.54, 1.807) is 0 Å². The summed E-state index contributed by atoms with van der Waals surface area (Å²) in [5.41, 5.74) is 8.26. The second-order valence-corrected chi connectivity index (χ2v) is 4.46. The van der Waals surface area contributed by atoms with Gasteiger partial charge in [-0.05, 0) is 31.2 Å². The number of aryl methyl sites for hydroxylation is 1. The fourth-order valence-electron chi connectivity index (χ4n) is 2.06. The first-order valence-electron chi connectivity index (χ1n) is 6.23. The van der Waals surface area contributed by atoms with Gasteiger partial charge in [0.25, 0.3) is 0 Å². The van der Waals surface area contributed by atoms with Crippen molar-refractivity contribution < 1.29 is 9.47 Å². The summed E-state index contributed by atoms with van der Waals surface area (Å²) in [4.78, 5) is 8.32. The van der Waals surface area contributed by atoms with Crippen LogP contribution in [0, 0.1) is 6.92 Å². The molecule has 0 atom stereocenters. The second kappa shape index (κ2) is 4.76. The van der Waals surface area contributed by atoms with E-state index < -0.39 is 0 Å². The average molecular weight is 257 g/mol. The molecule has 2 heterocycles. The van der Waals surface area contributed by atoms with Gasteiger partial charge in [-0.3, -0.25) is 0 Å². The quantitative estimate of drug-likeness (QED) is 0.848. The zero-order valence-electron chi connectivity index (χ0n) is 10.7. The van der Waals surface area contributed by atoms with Crippen LogP contribution in [0.5, 0.6) is 11.5 Å². The highest BCUT2D eigenvalue weighted by atomic mass is 16.5. The Hall–Kier alpha value is -2.30. The molecule has 0 amide bonds. The summed E-state index contributed by atoms with van der Waals surface area (Å²) in [6, 6.07) is 7.69. The van der Waals surface area contributed by atoms with Crippen molar-refractivity contribution in [2.24, 2.45) is 0 Å².